The number of nitrogens with two attached hydrogens (primary N) is 1. The van der Waals surface area contributed by atoms with Crippen molar-refractivity contribution in [3.8, 4) is 0 Å². The maximum absolute atomic E-state index is 13.4. The fourth-order valence-corrected chi connectivity index (χ4v) is 2.36. The number of hydrogen-bond acceptors (Lipinski definition) is 2. The van der Waals surface area contributed by atoms with Crippen molar-refractivity contribution in [1.82, 2.24) is 0 Å². The molecule has 0 fully saturated rings. The summed E-state index contributed by atoms with van der Waals surface area (Å²) >= 11 is 6.12. The van der Waals surface area contributed by atoms with Crippen molar-refractivity contribution in [2.24, 2.45) is 0 Å². The summed E-state index contributed by atoms with van der Waals surface area (Å²) in [5, 5.41) is 3.11. The minimum atomic E-state index is -0.621. The average molecular weight is 293 g/mol. The molecule has 0 aromatic heterocycles. The highest BCUT2D eigenvalue weighted by molar-refractivity contribution is 6.34. The summed E-state index contributed by atoms with van der Waals surface area (Å²) in [6.45, 7) is 3.75. The Morgan fingerprint density at radius 2 is 2.00 bits per heavy atom. The van der Waals surface area contributed by atoms with E-state index in [1.807, 2.05) is 19.9 Å². The number of nitrogen functional groups attached to an aromatic ring is 1. The van der Waals surface area contributed by atoms with Crippen LogP contribution in [0.4, 0.5) is 15.8 Å². The first-order valence-corrected chi connectivity index (χ1v) is 6.40. The highest BCUT2D eigenvalue weighted by Gasteiger charge is 2.15. The van der Waals surface area contributed by atoms with Crippen LogP contribution in [0.2, 0.25) is 5.02 Å². The molecule has 0 aliphatic carbocycles. The molecule has 0 bridgehead atoms. The Morgan fingerprint density at radius 3 is 2.65 bits per heavy atom. The quantitative estimate of drug-likeness (QED) is 0.824. The second-order valence-electron chi connectivity index (χ2n) is 4.59. The van der Waals surface area contributed by atoms with E-state index in [1.165, 1.54) is 18.2 Å². The summed E-state index contributed by atoms with van der Waals surface area (Å²) in [5.74, 6) is -1.11. The van der Waals surface area contributed by atoms with Gasteiger partial charge in [-0.2, -0.15) is 0 Å². The molecule has 2 aromatic rings. The predicted molar refractivity (Wildman–Crippen MR) is 79.7 cm³/mol. The van der Waals surface area contributed by atoms with Crippen molar-refractivity contribution in [1.29, 1.82) is 0 Å². The molecule has 0 radical (unpaired) electrons. The number of aryl methyl sites for hydroxylation is 2. The van der Waals surface area contributed by atoms with Gasteiger partial charge in [0, 0.05) is 0 Å². The van der Waals surface area contributed by atoms with Gasteiger partial charge in [0.2, 0.25) is 0 Å². The molecule has 1 amide bonds. The molecule has 20 heavy (non-hydrogen) atoms. The van der Waals surface area contributed by atoms with Crippen molar-refractivity contribution in [2.75, 3.05) is 11.1 Å². The predicted octanol–water partition coefficient (Wildman–Crippen LogP) is 3.93. The molecule has 5 heteroatoms. The van der Waals surface area contributed by atoms with Crippen LogP contribution < -0.4 is 11.1 Å². The lowest BCUT2D eigenvalue weighted by Crippen LogP contribution is -2.16. The average Bonchev–Trinajstić information content (AvgIpc) is 2.36. The van der Waals surface area contributed by atoms with E-state index in [-0.39, 0.29) is 11.3 Å². The van der Waals surface area contributed by atoms with Gasteiger partial charge in [0.1, 0.15) is 5.82 Å². The minimum Gasteiger partial charge on any atom is -0.396 e. The molecule has 0 unspecified atom stereocenters. The smallest absolute Gasteiger partial charge is 0.257 e. The first-order chi connectivity index (χ1) is 9.40. The van der Waals surface area contributed by atoms with Crippen molar-refractivity contribution in [3.63, 3.8) is 0 Å². The third-order valence-electron chi connectivity index (χ3n) is 2.97. The second-order valence-corrected chi connectivity index (χ2v) is 5.00. The fourth-order valence-electron chi connectivity index (χ4n) is 1.99. The molecule has 3 N–H and O–H groups in total. The third-order valence-corrected chi connectivity index (χ3v) is 3.27. The van der Waals surface area contributed by atoms with E-state index >= 15 is 0 Å². The maximum atomic E-state index is 13.4. The van der Waals surface area contributed by atoms with Gasteiger partial charge in [0.25, 0.3) is 5.91 Å². The van der Waals surface area contributed by atoms with Crippen molar-refractivity contribution in [3.05, 3.63) is 57.9 Å². The number of benzene rings is 2. The number of anilines is 2. The van der Waals surface area contributed by atoms with Crippen LogP contribution in [0.5, 0.6) is 0 Å². The Bertz CT molecular complexity index is 663. The van der Waals surface area contributed by atoms with E-state index in [0.717, 1.165) is 11.1 Å². The van der Waals surface area contributed by atoms with E-state index in [1.54, 1.807) is 6.07 Å². The molecule has 0 heterocycles. The lowest BCUT2D eigenvalue weighted by Gasteiger charge is -2.12. The standard InChI is InChI=1S/C15H14ClFN2O/c1-8-6-9(2)14(11(16)7-8)19-15(20)10-4-3-5-12(17)13(10)18/h3-7H,18H2,1-2H3,(H,19,20). The van der Waals surface area contributed by atoms with Gasteiger partial charge >= 0.3 is 0 Å². The molecule has 104 valence electrons. The highest BCUT2D eigenvalue weighted by atomic mass is 35.5. The van der Waals surface area contributed by atoms with Gasteiger partial charge in [-0.3, -0.25) is 4.79 Å². The van der Waals surface area contributed by atoms with Gasteiger partial charge < -0.3 is 11.1 Å². The Balaban J connectivity index is 2.36. The molecular formula is C15H14ClFN2O. The van der Waals surface area contributed by atoms with Crippen LogP contribution >= 0.6 is 11.6 Å². The number of halogens is 2. The number of amides is 1. The third kappa shape index (κ3) is 2.75. The first kappa shape index (κ1) is 14.3. The Hall–Kier alpha value is -2.07. The van der Waals surface area contributed by atoms with Gasteiger partial charge in [0.15, 0.2) is 0 Å². The molecule has 2 aromatic carbocycles. The number of para-hydroxylation sites is 1. The van der Waals surface area contributed by atoms with Gasteiger partial charge in [-0.25, -0.2) is 4.39 Å². The molecule has 2 rings (SSSR count). The number of nitrogens with one attached hydrogen (secondary N) is 1. The summed E-state index contributed by atoms with van der Waals surface area (Å²) in [4.78, 5) is 12.2. The second kappa shape index (κ2) is 5.51. The summed E-state index contributed by atoms with van der Waals surface area (Å²) < 4.78 is 13.4. The zero-order chi connectivity index (χ0) is 14.9. The largest absolute Gasteiger partial charge is 0.396 e. The van der Waals surface area contributed by atoms with Crippen molar-refractivity contribution in [2.45, 2.75) is 13.8 Å². The highest BCUT2D eigenvalue weighted by Crippen LogP contribution is 2.28. The van der Waals surface area contributed by atoms with E-state index in [0.29, 0.717) is 10.7 Å². The fraction of sp³-hybridized carbons (Fsp3) is 0.133. The minimum absolute atomic E-state index is 0.0843. The molecule has 0 atom stereocenters. The molecule has 3 nitrogen and oxygen atoms in total. The zero-order valence-corrected chi connectivity index (χ0v) is 11.9. The molecule has 0 aliphatic heterocycles. The molecule has 0 aliphatic rings. The summed E-state index contributed by atoms with van der Waals surface area (Å²) in [6.07, 6.45) is 0. The Kier molecular flexibility index (Phi) is 3.95. The number of carbonyl (C=O) groups excluding carboxylic acids is 1. The maximum Gasteiger partial charge on any atom is 0.257 e. The van der Waals surface area contributed by atoms with Crippen LogP contribution in [-0.2, 0) is 0 Å². The summed E-state index contributed by atoms with van der Waals surface area (Å²) in [6, 6.07) is 7.75. The van der Waals surface area contributed by atoms with E-state index in [4.69, 9.17) is 17.3 Å². The first-order valence-electron chi connectivity index (χ1n) is 6.02. The molecule has 0 spiro atoms. The van der Waals surface area contributed by atoms with E-state index in [2.05, 4.69) is 5.32 Å². The monoisotopic (exact) mass is 292 g/mol. The van der Waals surface area contributed by atoms with Crippen LogP contribution in [0.25, 0.3) is 0 Å². The normalized spacial score (nSPS) is 10.4. The van der Waals surface area contributed by atoms with Crippen LogP contribution in [0.3, 0.4) is 0 Å². The topological polar surface area (TPSA) is 55.1 Å². The van der Waals surface area contributed by atoms with Gasteiger partial charge in [0.05, 0.1) is 22.0 Å². The molecule has 0 saturated carbocycles. The number of rotatable bonds is 2. The van der Waals surface area contributed by atoms with Gasteiger partial charge in [-0.15, -0.1) is 0 Å². The molecular weight excluding hydrogens is 279 g/mol. The zero-order valence-electron chi connectivity index (χ0n) is 11.1. The summed E-state index contributed by atoms with van der Waals surface area (Å²) in [7, 11) is 0. The van der Waals surface area contributed by atoms with Gasteiger partial charge in [-0.1, -0.05) is 23.7 Å². The van der Waals surface area contributed by atoms with Crippen LogP contribution in [0.15, 0.2) is 30.3 Å². The SMILES string of the molecule is Cc1cc(C)c(NC(=O)c2cccc(F)c2N)c(Cl)c1. The molecule has 0 saturated heterocycles. The Labute approximate surface area is 121 Å². The lowest BCUT2D eigenvalue weighted by atomic mass is 10.1. The van der Waals surface area contributed by atoms with Crippen LogP contribution in [-0.4, -0.2) is 5.91 Å². The van der Waals surface area contributed by atoms with Crippen LogP contribution in [0.1, 0.15) is 21.5 Å². The van der Waals surface area contributed by atoms with Crippen molar-refractivity contribution >= 4 is 28.9 Å². The van der Waals surface area contributed by atoms with E-state index in [9.17, 15) is 9.18 Å². The van der Waals surface area contributed by atoms with E-state index < -0.39 is 11.7 Å². The van der Waals surface area contributed by atoms with Gasteiger partial charge in [-0.05, 0) is 43.2 Å². The Morgan fingerprint density at radius 1 is 1.30 bits per heavy atom. The number of carbonyl (C=O) groups is 1. The number of hydrogen-bond donors (Lipinski definition) is 2. The van der Waals surface area contributed by atoms with Crippen LogP contribution in [0, 0.1) is 19.7 Å². The lowest BCUT2D eigenvalue weighted by molar-refractivity contribution is 0.102. The summed E-state index contributed by atoms with van der Waals surface area (Å²) in [5.41, 5.74) is 7.81. The van der Waals surface area contributed by atoms with Crippen molar-refractivity contribution < 1.29 is 9.18 Å².